The molecule has 3 aromatic rings. The molecule has 1 amide bonds. The second-order valence-electron chi connectivity index (χ2n) is 5.52. The molecule has 0 atom stereocenters. The minimum atomic E-state index is -0.411. The molecule has 0 saturated carbocycles. The molecule has 1 N–H and O–H groups in total. The summed E-state index contributed by atoms with van der Waals surface area (Å²) >= 11 is 0. The lowest BCUT2D eigenvalue weighted by molar-refractivity contribution is 0.0942. The summed E-state index contributed by atoms with van der Waals surface area (Å²) < 4.78 is 2.97. The number of hydrogen-bond acceptors (Lipinski definition) is 6. The Morgan fingerprint density at radius 3 is 2.83 bits per heavy atom. The smallest absolute Gasteiger partial charge is 0.291 e. The highest BCUT2D eigenvalue weighted by Gasteiger charge is 2.14. The van der Waals surface area contributed by atoms with E-state index in [4.69, 9.17) is 0 Å². The van der Waals surface area contributed by atoms with Gasteiger partial charge in [0, 0.05) is 36.2 Å². The van der Waals surface area contributed by atoms with E-state index >= 15 is 0 Å². The van der Waals surface area contributed by atoms with Crippen molar-refractivity contribution in [1.82, 2.24) is 34.4 Å². The monoisotopic (exact) mass is 327 g/mol. The van der Waals surface area contributed by atoms with Crippen LogP contribution >= 0.6 is 0 Å². The maximum absolute atomic E-state index is 12.2. The maximum Gasteiger partial charge on any atom is 0.291 e. The molecule has 0 bridgehead atoms. The lowest BCUT2D eigenvalue weighted by Crippen LogP contribution is -2.32. The number of rotatable bonds is 4. The molecule has 0 aliphatic rings. The average molecular weight is 327 g/mol. The lowest BCUT2D eigenvalue weighted by Gasteiger charge is -2.06. The van der Waals surface area contributed by atoms with Gasteiger partial charge in [0.2, 0.25) is 5.82 Å². The van der Waals surface area contributed by atoms with Crippen LogP contribution in [0.15, 0.2) is 23.4 Å². The zero-order chi connectivity index (χ0) is 17.3. The van der Waals surface area contributed by atoms with Crippen LogP contribution in [0.1, 0.15) is 27.6 Å². The van der Waals surface area contributed by atoms with Gasteiger partial charge in [0.05, 0.1) is 6.33 Å². The predicted molar refractivity (Wildman–Crippen MR) is 85.8 cm³/mol. The number of hydrogen-bond donors (Lipinski definition) is 1. The molecule has 3 aromatic heterocycles. The number of nitrogens with one attached hydrogen (secondary N) is 1. The minimum Gasteiger partial charge on any atom is -0.347 e. The Labute approximate surface area is 137 Å². The van der Waals surface area contributed by atoms with Crippen LogP contribution in [0.3, 0.4) is 0 Å². The molecule has 0 aromatic carbocycles. The molecule has 9 nitrogen and oxygen atoms in total. The van der Waals surface area contributed by atoms with Crippen LogP contribution in [0.2, 0.25) is 0 Å². The third kappa shape index (κ3) is 3.00. The van der Waals surface area contributed by atoms with Crippen molar-refractivity contribution in [2.24, 2.45) is 0 Å². The summed E-state index contributed by atoms with van der Waals surface area (Å²) in [6.45, 7) is 6.01. The van der Waals surface area contributed by atoms with E-state index in [0.717, 1.165) is 11.4 Å². The fraction of sp³-hybridized carbons (Fsp3) is 0.333. The van der Waals surface area contributed by atoms with E-state index < -0.39 is 5.91 Å². The second kappa shape index (κ2) is 6.19. The average Bonchev–Trinajstić information content (AvgIpc) is 2.95. The number of carbonyl (C=O) groups excluding carboxylic acids is 1. The first-order valence-corrected chi connectivity index (χ1v) is 7.46. The molecule has 0 spiro atoms. The van der Waals surface area contributed by atoms with Crippen molar-refractivity contribution in [3.63, 3.8) is 0 Å². The van der Waals surface area contributed by atoms with Crippen molar-refractivity contribution in [3.8, 4) is 0 Å². The van der Waals surface area contributed by atoms with Crippen molar-refractivity contribution in [1.29, 1.82) is 0 Å². The molecule has 0 unspecified atom stereocenters. The van der Waals surface area contributed by atoms with Gasteiger partial charge in [0.1, 0.15) is 0 Å². The summed E-state index contributed by atoms with van der Waals surface area (Å²) in [5, 5.41) is 6.86. The second-order valence-corrected chi connectivity index (χ2v) is 5.52. The Kier molecular flexibility index (Phi) is 4.07. The number of amides is 1. The third-order valence-electron chi connectivity index (χ3n) is 3.53. The number of nitrogens with zero attached hydrogens (tertiary/aromatic N) is 6. The van der Waals surface area contributed by atoms with Gasteiger partial charge in [-0.25, -0.2) is 14.5 Å². The normalized spacial score (nSPS) is 11.0. The van der Waals surface area contributed by atoms with Crippen LogP contribution in [0.5, 0.6) is 0 Å². The third-order valence-corrected chi connectivity index (χ3v) is 3.53. The molecule has 0 radical (unpaired) electrons. The van der Waals surface area contributed by atoms with E-state index in [9.17, 15) is 9.59 Å². The largest absolute Gasteiger partial charge is 0.347 e. The fourth-order valence-electron chi connectivity index (χ4n) is 2.35. The van der Waals surface area contributed by atoms with Crippen molar-refractivity contribution in [2.45, 2.75) is 27.3 Å². The molecule has 0 aliphatic heterocycles. The molecule has 124 valence electrons. The topological polar surface area (TPSA) is 107 Å². The molecular weight excluding hydrogens is 310 g/mol. The van der Waals surface area contributed by atoms with Gasteiger partial charge in [-0.1, -0.05) is 0 Å². The van der Waals surface area contributed by atoms with Crippen LogP contribution in [-0.2, 0) is 6.54 Å². The van der Waals surface area contributed by atoms with E-state index in [-0.39, 0.29) is 17.9 Å². The Bertz CT molecular complexity index is 974. The van der Waals surface area contributed by atoms with Crippen LogP contribution < -0.4 is 10.9 Å². The summed E-state index contributed by atoms with van der Waals surface area (Å²) in [5.74, 6) is 0.0221. The maximum atomic E-state index is 12.2. The van der Waals surface area contributed by atoms with Crippen LogP contribution in [-0.4, -0.2) is 41.6 Å². The zero-order valence-electron chi connectivity index (χ0n) is 13.6. The SMILES string of the molecule is Cc1cc(C)n2nc(C(=O)NCCn3cncc(C)c3=O)nc2n1. The van der Waals surface area contributed by atoms with E-state index in [1.807, 2.05) is 19.9 Å². The molecular formula is C15H17N7O2. The first-order valence-electron chi connectivity index (χ1n) is 7.46. The summed E-state index contributed by atoms with van der Waals surface area (Å²) in [6, 6.07) is 1.86. The van der Waals surface area contributed by atoms with E-state index in [1.165, 1.54) is 21.6 Å². The van der Waals surface area contributed by atoms with Gasteiger partial charge in [-0.15, -0.1) is 5.10 Å². The summed E-state index contributed by atoms with van der Waals surface area (Å²) in [7, 11) is 0. The van der Waals surface area contributed by atoms with Gasteiger partial charge in [0.15, 0.2) is 0 Å². The van der Waals surface area contributed by atoms with E-state index in [1.54, 1.807) is 6.92 Å². The Balaban J connectivity index is 1.70. The summed E-state index contributed by atoms with van der Waals surface area (Å²) in [5.41, 5.74) is 2.09. The van der Waals surface area contributed by atoms with Crippen molar-refractivity contribution in [2.75, 3.05) is 6.54 Å². The number of carbonyl (C=O) groups is 1. The van der Waals surface area contributed by atoms with Gasteiger partial charge in [-0.05, 0) is 26.8 Å². The Morgan fingerprint density at radius 1 is 1.25 bits per heavy atom. The first kappa shape index (κ1) is 15.8. The van der Waals surface area contributed by atoms with Gasteiger partial charge in [0.25, 0.3) is 17.2 Å². The van der Waals surface area contributed by atoms with Gasteiger partial charge < -0.3 is 5.32 Å². The Hall–Kier alpha value is -3.10. The van der Waals surface area contributed by atoms with Crippen molar-refractivity contribution >= 4 is 11.7 Å². The molecule has 3 rings (SSSR count). The van der Waals surface area contributed by atoms with Crippen LogP contribution in [0.4, 0.5) is 0 Å². The molecule has 3 heterocycles. The molecule has 0 saturated heterocycles. The highest BCUT2D eigenvalue weighted by atomic mass is 16.2. The molecule has 9 heteroatoms. The predicted octanol–water partition coefficient (Wildman–Crippen LogP) is 0.0363. The lowest BCUT2D eigenvalue weighted by atomic mass is 10.4. The van der Waals surface area contributed by atoms with E-state index in [0.29, 0.717) is 17.9 Å². The van der Waals surface area contributed by atoms with Crippen LogP contribution in [0, 0.1) is 20.8 Å². The number of aryl methyl sites for hydroxylation is 3. The molecule has 0 fully saturated rings. The minimum absolute atomic E-state index is 0.0471. The zero-order valence-corrected chi connectivity index (χ0v) is 13.6. The highest BCUT2D eigenvalue weighted by Crippen LogP contribution is 2.05. The van der Waals surface area contributed by atoms with E-state index in [2.05, 4.69) is 25.4 Å². The standard InChI is InChI=1S/C15H17N7O2/c1-9-7-16-8-21(14(9)24)5-4-17-13(23)12-19-15-18-10(2)6-11(3)22(15)20-12/h6-8H,4-5H2,1-3H3,(H,17,23). The summed E-state index contributed by atoms with van der Waals surface area (Å²) in [6.07, 6.45) is 2.95. The Morgan fingerprint density at radius 2 is 2.04 bits per heavy atom. The van der Waals surface area contributed by atoms with Crippen LogP contribution in [0.25, 0.3) is 5.78 Å². The quantitative estimate of drug-likeness (QED) is 0.725. The number of aromatic nitrogens is 6. The van der Waals surface area contributed by atoms with Gasteiger partial charge in [-0.3, -0.25) is 14.2 Å². The highest BCUT2D eigenvalue weighted by molar-refractivity contribution is 5.90. The molecule has 0 aliphatic carbocycles. The van der Waals surface area contributed by atoms with Gasteiger partial charge >= 0.3 is 0 Å². The molecule has 24 heavy (non-hydrogen) atoms. The van der Waals surface area contributed by atoms with Crippen molar-refractivity contribution in [3.05, 3.63) is 51.7 Å². The fourth-order valence-corrected chi connectivity index (χ4v) is 2.35. The number of fused-ring (bicyclic) bond motifs is 1. The van der Waals surface area contributed by atoms with Gasteiger partial charge in [-0.2, -0.15) is 4.98 Å². The first-order chi connectivity index (χ1) is 11.5. The summed E-state index contributed by atoms with van der Waals surface area (Å²) in [4.78, 5) is 36.4. The van der Waals surface area contributed by atoms with Crippen molar-refractivity contribution < 1.29 is 4.79 Å².